The molecule has 1 nitrogen and oxygen atoms in total. The van der Waals surface area contributed by atoms with E-state index < -0.39 is 0 Å². The SMILES string of the molecule is CC(C)COCCC(CCl)Cc1cccc(Br)c1. The molecule has 0 spiro atoms. The van der Waals surface area contributed by atoms with Crippen LogP contribution in [0, 0.1) is 11.8 Å². The predicted molar refractivity (Wildman–Crippen MR) is 82.3 cm³/mol. The van der Waals surface area contributed by atoms with Crippen LogP contribution in [0.5, 0.6) is 0 Å². The number of hydrogen-bond acceptors (Lipinski definition) is 1. The molecule has 0 saturated heterocycles. The smallest absolute Gasteiger partial charge is 0.0488 e. The molecular formula is C15H22BrClO. The second-order valence-corrected chi connectivity index (χ2v) is 6.34. The summed E-state index contributed by atoms with van der Waals surface area (Å²) in [6, 6.07) is 8.43. The first-order chi connectivity index (χ1) is 8.61. The van der Waals surface area contributed by atoms with Crippen LogP contribution < -0.4 is 0 Å². The van der Waals surface area contributed by atoms with Gasteiger partial charge in [0, 0.05) is 23.6 Å². The summed E-state index contributed by atoms with van der Waals surface area (Å²) in [6.45, 7) is 5.98. The highest BCUT2D eigenvalue weighted by Gasteiger charge is 2.09. The zero-order valence-electron chi connectivity index (χ0n) is 11.2. The van der Waals surface area contributed by atoms with E-state index in [-0.39, 0.29) is 0 Å². The molecule has 1 atom stereocenters. The largest absolute Gasteiger partial charge is 0.381 e. The van der Waals surface area contributed by atoms with Gasteiger partial charge in [0.15, 0.2) is 0 Å². The van der Waals surface area contributed by atoms with Crippen molar-refractivity contribution >= 4 is 27.5 Å². The monoisotopic (exact) mass is 332 g/mol. The van der Waals surface area contributed by atoms with Gasteiger partial charge in [0.2, 0.25) is 0 Å². The van der Waals surface area contributed by atoms with Crippen molar-refractivity contribution in [2.75, 3.05) is 19.1 Å². The summed E-state index contributed by atoms with van der Waals surface area (Å²) in [4.78, 5) is 0. The van der Waals surface area contributed by atoms with Crippen molar-refractivity contribution in [2.24, 2.45) is 11.8 Å². The van der Waals surface area contributed by atoms with Gasteiger partial charge in [-0.1, -0.05) is 41.9 Å². The Hall–Kier alpha value is -0.0500. The Labute approximate surface area is 124 Å². The quantitative estimate of drug-likeness (QED) is 0.485. The Bertz CT molecular complexity index is 341. The molecule has 1 unspecified atom stereocenters. The second kappa shape index (κ2) is 8.95. The van der Waals surface area contributed by atoms with Gasteiger partial charge in [-0.2, -0.15) is 0 Å². The van der Waals surface area contributed by atoms with Crippen LogP contribution in [0.15, 0.2) is 28.7 Å². The Morgan fingerprint density at radius 1 is 1.33 bits per heavy atom. The van der Waals surface area contributed by atoms with E-state index in [0.29, 0.717) is 17.7 Å². The van der Waals surface area contributed by atoms with Crippen LogP contribution in [-0.4, -0.2) is 19.1 Å². The third kappa shape index (κ3) is 6.77. The molecular weight excluding hydrogens is 312 g/mol. The van der Waals surface area contributed by atoms with E-state index in [9.17, 15) is 0 Å². The molecule has 0 fully saturated rings. The lowest BCUT2D eigenvalue weighted by Crippen LogP contribution is -2.12. The maximum atomic E-state index is 6.03. The van der Waals surface area contributed by atoms with E-state index in [1.54, 1.807) is 0 Å². The predicted octanol–water partition coefficient (Wildman–Crippen LogP) is 4.91. The summed E-state index contributed by atoms with van der Waals surface area (Å²) in [5.41, 5.74) is 1.33. The topological polar surface area (TPSA) is 9.23 Å². The Morgan fingerprint density at radius 2 is 2.11 bits per heavy atom. The first-order valence-electron chi connectivity index (χ1n) is 6.50. The first-order valence-corrected chi connectivity index (χ1v) is 7.82. The van der Waals surface area contributed by atoms with Gasteiger partial charge >= 0.3 is 0 Å². The minimum absolute atomic E-state index is 0.494. The van der Waals surface area contributed by atoms with Gasteiger partial charge in [-0.05, 0) is 42.4 Å². The minimum atomic E-state index is 0.494. The molecule has 0 radical (unpaired) electrons. The molecule has 0 aliphatic heterocycles. The van der Waals surface area contributed by atoms with Gasteiger partial charge in [-0.3, -0.25) is 0 Å². The van der Waals surface area contributed by atoms with Crippen LogP contribution in [0.3, 0.4) is 0 Å². The summed E-state index contributed by atoms with van der Waals surface area (Å²) in [6.07, 6.45) is 2.05. The average Bonchev–Trinajstić information content (AvgIpc) is 2.33. The number of rotatable bonds is 8. The maximum absolute atomic E-state index is 6.03. The van der Waals surface area contributed by atoms with E-state index >= 15 is 0 Å². The summed E-state index contributed by atoms with van der Waals surface area (Å²) in [7, 11) is 0. The number of hydrogen-bond donors (Lipinski definition) is 0. The van der Waals surface area contributed by atoms with E-state index in [1.165, 1.54) is 5.56 Å². The Morgan fingerprint density at radius 3 is 2.72 bits per heavy atom. The molecule has 0 saturated carbocycles. The van der Waals surface area contributed by atoms with Crippen molar-refractivity contribution < 1.29 is 4.74 Å². The average molecular weight is 334 g/mol. The molecule has 102 valence electrons. The molecule has 0 bridgehead atoms. The van der Waals surface area contributed by atoms with Gasteiger partial charge in [-0.25, -0.2) is 0 Å². The number of benzene rings is 1. The van der Waals surface area contributed by atoms with Crippen molar-refractivity contribution in [3.63, 3.8) is 0 Å². The lowest BCUT2D eigenvalue weighted by Gasteiger charge is -2.15. The second-order valence-electron chi connectivity index (χ2n) is 5.11. The van der Waals surface area contributed by atoms with Crippen molar-refractivity contribution in [3.8, 4) is 0 Å². The van der Waals surface area contributed by atoms with Gasteiger partial charge in [-0.15, -0.1) is 11.6 Å². The standard InChI is InChI=1S/C15H22BrClO/c1-12(2)11-18-7-6-14(10-17)8-13-4-3-5-15(16)9-13/h3-5,9,12,14H,6-8,10-11H2,1-2H3. The van der Waals surface area contributed by atoms with E-state index in [4.69, 9.17) is 16.3 Å². The van der Waals surface area contributed by atoms with Gasteiger partial charge in [0.25, 0.3) is 0 Å². The van der Waals surface area contributed by atoms with Gasteiger partial charge in [0.05, 0.1) is 0 Å². The van der Waals surface area contributed by atoms with Gasteiger partial charge in [0.1, 0.15) is 0 Å². The third-order valence-electron chi connectivity index (χ3n) is 2.75. The molecule has 0 aromatic heterocycles. The summed E-state index contributed by atoms with van der Waals surface area (Å²) >= 11 is 9.53. The molecule has 18 heavy (non-hydrogen) atoms. The summed E-state index contributed by atoms with van der Waals surface area (Å²) in [5.74, 6) is 1.79. The minimum Gasteiger partial charge on any atom is -0.381 e. The fourth-order valence-corrected chi connectivity index (χ4v) is 2.51. The number of ether oxygens (including phenoxy) is 1. The highest BCUT2D eigenvalue weighted by Crippen LogP contribution is 2.18. The zero-order chi connectivity index (χ0) is 13.4. The molecule has 3 heteroatoms. The molecule has 0 N–H and O–H groups in total. The zero-order valence-corrected chi connectivity index (χ0v) is 13.5. The van der Waals surface area contributed by atoms with E-state index in [0.717, 1.165) is 30.5 Å². The molecule has 0 amide bonds. The molecule has 0 aliphatic rings. The molecule has 0 aliphatic carbocycles. The van der Waals surface area contributed by atoms with Crippen LogP contribution in [0.2, 0.25) is 0 Å². The van der Waals surface area contributed by atoms with Crippen LogP contribution in [0.1, 0.15) is 25.8 Å². The van der Waals surface area contributed by atoms with Crippen LogP contribution in [0.25, 0.3) is 0 Å². The Kier molecular flexibility index (Phi) is 7.96. The van der Waals surface area contributed by atoms with Crippen LogP contribution in [0.4, 0.5) is 0 Å². The normalized spacial score (nSPS) is 12.9. The fourth-order valence-electron chi connectivity index (χ4n) is 1.80. The van der Waals surface area contributed by atoms with Crippen molar-refractivity contribution in [1.82, 2.24) is 0 Å². The van der Waals surface area contributed by atoms with Crippen LogP contribution in [-0.2, 0) is 11.2 Å². The molecule has 0 heterocycles. The highest BCUT2D eigenvalue weighted by molar-refractivity contribution is 9.10. The fraction of sp³-hybridized carbons (Fsp3) is 0.600. The molecule has 1 aromatic rings. The summed E-state index contributed by atoms with van der Waals surface area (Å²) < 4.78 is 6.75. The highest BCUT2D eigenvalue weighted by atomic mass is 79.9. The van der Waals surface area contributed by atoms with Crippen molar-refractivity contribution in [2.45, 2.75) is 26.7 Å². The van der Waals surface area contributed by atoms with Crippen molar-refractivity contribution in [1.29, 1.82) is 0 Å². The molecule has 1 aromatic carbocycles. The Balaban J connectivity index is 2.33. The first kappa shape index (κ1) is 16.0. The lowest BCUT2D eigenvalue weighted by atomic mass is 9.98. The van der Waals surface area contributed by atoms with E-state index in [1.807, 2.05) is 6.07 Å². The van der Waals surface area contributed by atoms with Crippen LogP contribution >= 0.6 is 27.5 Å². The van der Waals surface area contributed by atoms with E-state index in [2.05, 4.69) is 48.0 Å². The lowest BCUT2D eigenvalue weighted by molar-refractivity contribution is 0.0996. The third-order valence-corrected chi connectivity index (χ3v) is 3.68. The number of halogens is 2. The maximum Gasteiger partial charge on any atom is 0.0488 e. The number of alkyl halides is 1. The summed E-state index contributed by atoms with van der Waals surface area (Å²) in [5, 5.41) is 0. The molecule has 1 rings (SSSR count). The van der Waals surface area contributed by atoms with Gasteiger partial charge < -0.3 is 4.74 Å². The van der Waals surface area contributed by atoms with Crippen molar-refractivity contribution in [3.05, 3.63) is 34.3 Å².